The second kappa shape index (κ2) is 5.51. The van der Waals surface area contributed by atoms with Crippen molar-refractivity contribution in [2.24, 2.45) is 0 Å². The molecule has 0 spiro atoms. The fraction of sp³-hybridized carbons (Fsp3) is 0.0714. The van der Waals surface area contributed by atoms with Crippen LogP contribution in [0.2, 0.25) is 5.02 Å². The number of hydrogen-bond acceptors (Lipinski definition) is 3. The van der Waals surface area contributed by atoms with Crippen molar-refractivity contribution in [3.05, 3.63) is 58.4 Å². The zero-order valence-electron chi connectivity index (χ0n) is 10.1. The van der Waals surface area contributed by atoms with E-state index < -0.39 is 0 Å². The number of benzene rings is 1. The van der Waals surface area contributed by atoms with E-state index >= 15 is 0 Å². The smallest absolute Gasteiger partial charge is 0.274 e. The van der Waals surface area contributed by atoms with Gasteiger partial charge in [0.05, 0.1) is 16.3 Å². The predicted molar refractivity (Wildman–Crippen MR) is 73.1 cm³/mol. The van der Waals surface area contributed by atoms with Gasteiger partial charge in [0.25, 0.3) is 5.91 Å². The van der Waals surface area contributed by atoms with Crippen LogP contribution in [-0.2, 0) is 0 Å². The van der Waals surface area contributed by atoms with Crippen LogP contribution in [0.15, 0.2) is 36.5 Å². The van der Waals surface area contributed by atoms with Gasteiger partial charge in [-0.2, -0.15) is 5.26 Å². The van der Waals surface area contributed by atoms with Crippen molar-refractivity contribution in [2.75, 3.05) is 5.32 Å². The third-order valence-electron chi connectivity index (χ3n) is 2.50. The van der Waals surface area contributed by atoms with Gasteiger partial charge in [-0.3, -0.25) is 4.79 Å². The number of carbonyl (C=O) groups excluding carboxylic acids is 1. The standard InChI is InChI=1S/C14H10ClN3O/c1-9-2-4-11(15)13(6-9)18-14(19)12-5-3-10(7-16)8-17-12/h2-6,8H,1H3,(H,18,19). The summed E-state index contributed by atoms with van der Waals surface area (Å²) in [4.78, 5) is 15.9. The van der Waals surface area contributed by atoms with Gasteiger partial charge in [0.1, 0.15) is 11.8 Å². The summed E-state index contributed by atoms with van der Waals surface area (Å²) in [5, 5.41) is 11.8. The number of nitrogens with one attached hydrogen (secondary N) is 1. The van der Waals surface area contributed by atoms with Crippen LogP contribution in [0.3, 0.4) is 0 Å². The largest absolute Gasteiger partial charge is 0.319 e. The molecule has 1 aromatic heterocycles. The summed E-state index contributed by atoms with van der Waals surface area (Å²) in [7, 11) is 0. The minimum atomic E-state index is -0.364. The SMILES string of the molecule is Cc1ccc(Cl)c(NC(=O)c2ccc(C#N)cn2)c1. The summed E-state index contributed by atoms with van der Waals surface area (Å²) in [6, 6.07) is 10.3. The van der Waals surface area contributed by atoms with Crippen LogP contribution in [0.25, 0.3) is 0 Å². The third kappa shape index (κ3) is 3.09. The van der Waals surface area contributed by atoms with Crippen LogP contribution in [0.5, 0.6) is 0 Å². The van der Waals surface area contributed by atoms with Crippen molar-refractivity contribution in [1.29, 1.82) is 5.26 Å². The molecule has 1 amide bonds. The van der Waals surface area contributed by atoms with Gasteiger partial charge < -0.3 is 5.32 Å². The Morgan fingerprint density at radius 1 is 1.37 bits per heavy atom. The average Bonchev–Trinajstić information content (AvgIpc) is 2.43. The Hall–Kier alpha value is -2.38. The maximum atomic E-state index is 12.0. The number of carbonyl (C=O) groups is 1. The molecule has 0 aliphatic rings. The molecule has 1 N–H and O–H groups in total. The second-order valence-electron chi connectivity index (χ2n) is 3.98. The lowest BCUT2D eigenvalue weighted by atomic mass is 10.2. The molecule has 0 bridgehead atoms. The third-order valence-corrected chi connectivity index (χ3v) is 2.82. The van der Waals surface area contributed by atoms with Gasteiger partial charge in [-0.15, -0.1) is 0 Å². The van der Waals surface area contributed by atoms with Crippen LogP contribution in [0, 0.1) is 18.3 Å². The molecule has 0 fully saturated rings. The van der Waals surface area contributed by atoms with Crippen molar-refractivity contribution in [3.63, 3.8) is 0 Å². The molecule has 0 unspecified atom stereocenters. The highest BCUT2D eigenvalue weighted by atomic mass is 35.5. The van der Waals surface area contributed by atoms with Gasteiger partial charge in [0.2, 0.25) is 0 Å². The molecule has 0 saturated heterocycles. The zero-order chi connectivity index (χ0) is 13.8. The summed E-state index contributed by atoms with van der Waals surface area (Å²) in [5.41, 5.74) is 2.17. The first kappa shape index (κ1) is 13.1. The molecule has 94 valence electrons. The lowest BCUT2D eigenvalue weighted by Crippen LogP contribution is -2.14. The molecule has 2 rings (SSSR count). The number of aromatic nitrogens is 1. The first-order valence-electron chi connectivity index (χ1n) is 5.54. The molecular weight excluding hydrogens is 262 g/mol. The van der Waals surface area contributed by atoms with Crippen LogP contribution >= 0.6 is 11.6 Å². The predicted octanol–water partition coefficient (Wildman–Crippen LogP) is 3.17. The Kier molecular flexibility index (Phi) is 3.79. The molecule has 0 atom stereocenters. The summed E-state index contributed by atoms with van der Waals surface area (Å²) >= 11 is 6.00. The average molecular weight is 272 g/mol. The number of pyridine rings is 1. The Labute approximate surface area is 115 Å². The first-order chi connectivity index (χ1) is 9.10. The fourth-order valence-electron chi connectivity index (χ4n) is 1.52. The van der Waals surface area contributed by atoms with E-state index in [4.69, 9.17) is 16.9 Å². The van der Waals surface area contributed by atoms with E-state index in [9.17, 15) is 4.79 Å². The van der Waals surface area contributed by atoms with E-state index in [1.165, 1.54) is 12.3 Å². The molecule has 0 aliphatic heterocycles. The highest BCUT2D eigenvalue weighted by Crippen LogP contribution is 2.23. The summed E-state index contributed by atoms with van der Waals surface area (Å²) < 4.78 is 0. The Balaban J connectivity index is 2.21. The maximum Gasteiger partial charge on any atom is 0.274 e. The number of anilines is 1. The number of aryl methyl sites for hydroxylation is 1. The topological polar surface area (TPSA) is 65.8 Å². The van der Waals surface area contributed by atoms with Gasteiger partial charge in [-0.1, -0.05) is 17.7 Å². The molecule has 5 heteroatoms. The van der Waals surface area contributed by atoms with E-state index in [1.54, 1.807) is 18.2 Å². The fourth-order valence-corrected chi connectivity index (χ4v) is 1.68. The van der Waals surface area contributed by atoms with Gasteiger partial charge in [0, 0.05) is 6.20 Å². The highest BCUT2D eigenvalue weighted by Gasteiger charge is 2.09. The lowest BCUT2D eigenvalue weighted by Gasteiger charge is -2.07. The molecule has 19 heavy (non-hydrogen) atoms. The monoisotopic (exact) mass is 271 g/mol. The van der Waals surface area contributed by atoms with E-state index in [-0.39, 0.29) is 11.6 Å². The molecular formula is C14H10ClN3O. The number of halogens is 1. The van der Waals surface area contributed by atoms with E-state index in [2.05, 4.69) is 10.3 Å². The lowest BCUT2D eigenvalue weighted by molar-refractivity contribution is 0.102. The normalized spacial score (nSPS) is 9.74. The van der Waals surface area contributed by atoms with Crippen molar-refractivity contribution >= 4 is 23.2 Å². The van der Waals surface area contributed by atoms with Crippen molar-refractivity contribution < 1.29 is 4.79 Å². The molecule has 0 aliphatic carbocycles. The Morgan fingerprint density at radius 3 is 2.79 bits per heavy atom. The minimum absolute atomic E-state index is 0.233. The number of hydrogen-bond donors (Lipinski definition) is 1. The number of amides is 1. The molecule has 1 aromatic carbocycles. The number of nitriles is 1. The van der Waals surface area contributed by atoms with Gasteiger partial charge >= 0.3 is 0 Å². The number of rotatable bonds is 2. The van der Waals surface area contributed by atoms with Gasteiger partial charge in [-0.25, -0.2) is 4.98 Å². The van der Waals surface area contributed by atoms with Crippen molar-refractivity contribution in [2.45, 2.75) is 6.92 Å². The van der Waals surface area contributed by atoms with Crippen molar-refractivity contribution in [1.82, 2.24) is 4.98 Å². The van der Waals surface area contributed by atoms with Crippen LogP contribution < -0.4 is 5.32 Å². The Morgan fingerprint density at radius 2 is 2.16 bits per heavy atom. The molecule has 4 nitrogen and oxygen atoms in total. The molecule has 2 aromatic rings. The number of nitrogens with zero attached hydrogens (tertiary/aromatic N) is 2. The second-order valence-corrected chi connectivity index (χ2v) is 4.39. The van der Waals surface area contributed by atoms with Crippen LogP contribution in [0.1, 0.15) is 21.6 Å². The van der Waals surface area contributed by atoms with E-state index in [1.807, 2.05) is 19.1 Å². The van der Waals surface area contributed by atoms with Gasteiger partial charge in [-0.05, 0) is 36.8 Å². The summed E-state index contributed by atoms with van der Waals surface area (Å²) in [6.45, 7) is 1.91. The summed E-state index contributed by atoms with van der Waals surface area (Å²) in [5.74, 6) is -0.364. The van der Waals surface area contributed by atoms with E-state index in [0.29, 0.717) is 16.3 Å². The molecule has 0 saturated carbocycles. The zero-order valence-corrected chi connectivity index (χ0v) is 10.9. The van der Waals surface area contributed by atoms with Crippen LogP contribution in [0.4, 0.5) is 5.69 Å². The highest BCUT2D eigenvalue weighted by molar-refractivity contribution is 6.33. The van der Waals surface area contributed by atoms with E-state index in [0.717, 1.165) is 5.56 Å². The Bertz CT molecular complexity index is 659. The quantitative estimate of drug-likeness (QED) is 0.912. The first-order valence-corrected chi connectivity index (χ1v) is 5.91. The maximum absolute atomic E-state index is 12.0. The molecule has 1 heterocycles. The minimum Gasteiger partial charge on any atom is -0.319 e. The van der Waals surface area contributed by atoms with Crippen LogP contribution in [-0.4, -0.2) is 10.9 Å². The van der Waals surface area contributed by atoms with Crippen molar-refractivity contribution in [3.8, 4) is 6.07 Å². The van der Waals surface area contributed by atoms with Gasteiger partial charge in [0.15, 0.2) is 0 Å². The summed E-state index contributed by atoms with van der Waals surface area (Å²) in [6.07, 6.45) is 1.35. The molecule has 0 radical (unpaired) electrons.